The Labute approximate surface area is 136 Å². The van der Waals surface area contributed by atoms with E-state index in [4.69, 9.17) is 39.5 Å². The van der Waals surface area contributed by atoms with E-state index in [0.29, 0.717) is 38.6 Å². The molecule has 0 atom stereocenters. The van der Waals surface area contributed by atoms with Crippen LogP contribution in [-0.2, 0) is 6.54 Å². The average Bonchev–Trinajstić information content (AvgIpc) is 2.81. The Morgan fingerprint density at radius 3 is 2.55 bits per heavy atom. The molecule has 0 fully saturated rings. The molecule has 0 unspecified atom stereocenters. The Morgan fingerprint density at radius 2 is 1.85 bits per heavy atom. The second kappa shape index (κ2) is 6.91. The molecular weight excluding hydrogens is 341 g/mol. The molecule has 108 valence electrons. The van der Waals surface area contributed by atoms with E-state index in [-0.39, 0.29) is 0 Å². The molecule has 0 bridgehead atoms. The molecule has 4 nitrogen and oxygen atoms in total. The molecule has 8 heteroatoms. The Morgan fingerprint density at radius 1 is 1.15 bits per heavy atom. The topological polar surface area (TPSA) is 47.0 Å². The average molecular weight is 353 g/mol. The van der Waals surface area contributed by atoms with Crippen LogP contribution in [0.25, 0.3) is 0 Å². The van der Waals surface area contributed by atoms with Crippen LogP contribution in [0.3, 0.4) is 0 Å². The molecule has 0 aliphatic heterocycles. The van der Waals surface area contributed by atoms with Crippen molar-refractivity contribution in [1.29, 1.82) is 0 Å². The van der Waals surface area contributed by atoms with Crippen LogP contribution >= 0.6 is 46.1 Å². The van der Waals surface area contributed by atoms with Crippen LogP contribution in [0.15, 0.2) is 12.1 Å². The maximum Gasteiger partial charge on any atom is 0.299 e. The van der Waals surface area contributed by atoms with Gasteiger partial charge in [-0.15, -0.1) is 5.10 Å². The van der Waals surface area contributed by atoms with Crippen LogP contribution in [0, 0.1) is 0 Å². The predicted molar refractivity (Wildman–Crippen MR) is 83.4 cm³/mol. The summed E-state index contributed by atoms with van der Waals surface area (Å²) in [5.41, 5.74) is 0. The van der Waals surface area contributed by atoms with E-state index >= 15 is 0 Å². The molecule has 20 heavy (non-hydrogen) atoms. The number of hydrogen-bond donors (Lipinski definition) is 1. The monoisotopic (exact) mass is 351 g/mol. The number of ether oxygens (including phenoxy) is 1. The standard InChI is InChI=1S/C12H12Cl3N3OS/c1-6(2)16-5-11-17-18-12(20-11)19-10-4-8(14)7(13)3-9(10)15/h3-4,6,16H,5H2,1-2H3. The first-order valence-electron chi connectivity index (χ1n) is 5.84. The van der Waals surface area contributed by atoms with Crippen molar-refractivity contribution in [1.82, 2.24) is 15.5 Å². The van der Waals surface area contributed by atoms with Gasteiger partial charge in [-0.1, -0.05) is 65.1 Å². The van der Waals surface area contributed by atoms with Gasteiger partial charge < -0.3 is 10.1 Å². The Balaban J connectivity index is 2.09. The van der Waals surface area contributed by atoms with Crippen molar-refractivity contribution in [3.05, 3.63) is 32.2 Å². The predicted octanol–water partition coefficient (Wildman–Crippen LogP) is 4.79. The molecule has 2 rings (SSSR count). The van der Waals surface area contributed by atoms with Crippen LogP contribution in [0.1, 0.15) is 18.9 Å². The van der Waals surface area contributed by atoms with Gasteiger partial charge in [-0.2, -0.15) is 0 Å². The summed E-state index contributed by atoms with van der Waals surface area (Å²) in [6.07, 6.45) is 0. The van der Waals surface area contributed by atoms with E-state index in [1.54, 1.807) is 6.07 Å². The fourth-order valence-corrected chi connectivity index (χ4v) is 2.55. The van der Waals surface area contributed by atoms with Gasteiger partial charge in [-0.25, -0.2) is 0 Å². The Kier molecular flexibility index (Phi) is 5.46. The summed E-state index contributed by atoms with van der Waals surface area (Å²) in [6, 6.07) is 3.47. The number of aromatic nitrogens is 2. The zero-order valence-electron chi connectivity index (χ0n) is 10.8. The summed E-state index contributed by atoms with van der Waals surface area (Å²) in [4.78, 5) is 0. The van der Waals surface area contributed by atoms with Gasteiger partial charge in [-0.3, -0.25) is 0 Å². The number of rotatable bonds is 5. The first kappa shape index (κ1) is 15.8. The first-order chi connectivity index (χ1) is 9.45. The highest BCUT2D eigenvalue weighted by Gasteiger charge is 2.11. The van der Waals surface area contributed by atoms with Crippen molar-refractivity contribution in [3.63, 3.8) is 0 Å². The summed E-state index contributed by atoms with van der Waals surface area (Å²) in [6.45, 7) is 4.77. The van der Waals surface area contributed by atoms with Crippen LogP contribution < -0.4 is 10.1 Å². The molecule has 1 aromatic carbocycles. The Hall–Kier alpha value is -0.590. The van der Waals surface area contributed by atoms with Gasteiger partial charge in [0.15, 0.2) is 5.75 Å². The van der Waals surface area contributed by atoms with Crippen LogP contribution in [0.2, 0.25) is 15.1 Å². The summed E-state index contributed by atoms with van der Waals surface area (Å²) in [5.74, 6) is 0.403. The molecule has 0 saturated heterocycles. The van der Waals surface area contributed by atoms with Gasteiger partial charge in [0.2, 0.25) is 0 Å². The fourth-order valence-electron chi connectivity index (χ4n) is 1.32. The number of hydrogen-bond acceptors (Lipinski definition) is 5. The van der Waals surface area contributed by atoms with Crippen LogP contribution in [0.4, 0.5) is 0 Å². The molecule has 0 aliphatic carbocycles. The number of halogens is 3. The molecule has 0 spiro atoms. The molecular formula is C12H12Cl3N3OS. The highest BCUT2D eigenvalue weighted by Crippen LogP contribution is 2.36. The third-order valence-corrected chi connectivity index (χ3v) is 4.10. The van der Waals surface area contributed by atoms with Gasteiger partial charge in [0.05, 0.1) is 21.6 Å². The third-order valence-electron chi connectivity index (χ3n) is 2.28. The highest BCUT2D eigenvalue weighted by molar-refractivity contribution is 7.13. The second-order valence-corrected chi connectivity index (χ2v) is 6.54. The minimum atomic E-state index is 0.372. The summed E-state index contributed by atoms with van der Waals surface area (Å²) in [5, 5.41) is 13.6. The normalized spacial score (nSPS) is 11.1. The van der Waals surface area contributed by atoms with Crippen LogP contribution in [-0.4, -0.2) is 16.2 Å². The summed E-state index contributed by atoms with van der Waals surface area (Å²) < 4.78 is 5.57. The molecule has 1 aromatic heterocycles. The van der Waals surface area contributed by atoms with Crippen molar-refractivity contribution in [2.75, 3.05) is 0 Å². The second-order valence-electron chi connectivity index (χ2n) is 4.30. The van der Waals surface area contributed by atoms with Gasteiger partial charge in [0.1, 0.15) is 5.01 Å². The first-order valence-corrected chi connectivity index (χ1v) is 7.79. The zero-order chi connectivity index (χ0) is 14.7. The smallest absolute Gasteiger partial charge is 0.299 e. The molecule has 1 heterocycles. The molecule has 0 saturated carbocycles. The van der Waals surface area contributed by atoms with E-state index in [1.165, 1.54) is 17.4 Å². The number of nitrogens with zero attached hydrogens (tertiary/aromatic N) is 2. The summed E-state index contributed by atoms with van der Waals surface area (Å²) >= 11 is 19.2. The van der Waals surface area contributed by atoms with Gasteiger partial charge >= 0.3 is 0 Å². The van der Waals surface area contributed by atoms with Crippen molar-refractivity contribution >= 4 is 46.1 Å². The molecule has 0 aliphatic rings. The number of benzene rings is 1. The number of nitrogens with one attached hydrogen (secondary N) is 1. The van der Waals surface area contributed by atoms with Gasteiger partial charge in [-0.05, 0) is 6.07 Å². The Bertz CT molecular complexity index is 604. The summed E-state index contributed by atoms with van der Waals surface area (Å²) in [7, 11) is 0. The molecule has 0 amide bonds. The highest BCUT2D eigenvalue weighted by atomic mass is 35.5. The minimum Gasteiger partial charge on any atom is -0.428 e. The maximum atomic E-state index is 6.04. The molecule has 1 N–H and O–H groups in total. The zero-order valence-corrected chi connectivity index (χ0v) is 13.9. The lowest BCUT2D eigenvalue weighted by atomic mass is 10.3. The lowest BCUT2D eigenvalue weighted by molar-refractivity contribution is 0.473. The molecule has 2 aromatic rings. The van der Waals surface area contributed by atoms with Crippen molar-refractivity contribution in [2.45, 2.75) is 26.4 Å². The van der Waals surface area contributed by atoms with E-state index in [9.17, 15) is 0 Å². The molecule has 0 radical (unpaired) electrons. The SMILES string of the molecule is CC(C)NCc1nnc(Oc2cc(Cl)c(Cl)cc2Cl)s1. The van der Waals surface area contributed by atoms with E-state index in [0.717, 1.165) is 5.01 Å². The quantitative estimate of drug-likeness (QED) is 0.786. The lowest BCUT2D eigenvalue weighted by Crippen LogP contribution is -2.21. The van der Waals surface area contributed by atoms with E-state index < -0.39 is 0 Å². The van der Waals surface area contributed by atoms with E-state index in [1.807, 2.05) is 0 Å². The van der Waals surface area contributed by atoms with Crippen LogP contribution in [0.5, 0.6) is 10.9 Å². The fraction of sp³-hybridized carbons (Fsp3) is 0.333. The van der Waals surface area contributed by atoms with Crippen molar-refractivity contribution < 1.29 is 4.74 Å². The third kappa shape index (κ3) is 4.20. The largest absolute Gasteiger partial charge is 0.428 e. The van der Waals surface area contributed by atoms with E-state index in [2.05, 4.69) is 29.4 Å². The minimum absolute atomic E-state index is 0.372. The maximum absolute atomic E-state index is 6.04. The lowest BCUT2D eigenvalue weighted by Gasteiger charge is -2.05. The van der Waals surface area contributed by atoms with Gasteiger partial charge in [0.25, 0.3) is 5.19 Å². The van der Waals surface area contributed by atoms with Gasteiger partial charge in [0, 0.05) is 12.1 Å². The van der Waals surface area contributed by atoms with Crippen molar-refractivity contribution in [2.24, 2.45) is 0 Å². The van der Waals surface area contributed by atoms with Crippen molar-refractivity contribution in [3.8, 4) is 10.9 Å².